The smallest absolute Gasteiger partial charge is 0.0266 e. The molecule has 1 nitrogen and oxygen atoms in total. The molecule has 0 saturated heterocycles. The lowest BCUT2D eigenvalue weighted by Crippen LogP contribution is -2.30. The minimum Gasteiger partial charge on any atom is -0.327 e. The zero-order chi connectivity index (χ0) is 7.98. The molecule has 2 N–H and O–H groups in total. The molecule has 0 heterocycles. The SMILES string of the molecule is CCC[C@@H](N)[C@H](CC)CCl.Cl. The molecule has 0 saturated carbocycles. The topological polar surface area (TPSA) is 26.0 Å². The van der Waals surface area contributed by atoms with Gasteiger partial charge in [-0.05, 0) is 12.3 Å². The van der Waals surface area contributed by atoms with Gasteiger partial charge in [0.15, 0.2) is 0 Å². The Bertz CT molecular complexity index is 74.5. The fourth-order valence-corrected chi connectivity index (χ4v) is 1.54. The Morgan fingerprint density at radius 1 is 1.36 bits per heavy atom. The van der Waals surface area contributed by atoms with Crippen LogP contribution in [-0.2, 0) is 0 Å². The standard InChI is InChI=1S/C8H18ClN.ClH/c1-3-5-8(10)7(4-2)6-9;/h7-8H,3-6,10H2,1-2H3;1H/t7-,8-;/m1./s1. The van der Waals surface area contributed by atoms with Crippen LogP contribution in [0.1, 0.15) is 33.1 Å². The maximum atomic E-state index is 5.87. The highest BCUT2D eigenvalue weighted by atomic mass is 35.5. The Labute approximate surface area is 81.1 Å². The van der Waals surface area contributed by atoms with Crippen LogP contribution in [0.3, 0.4) is 0 Å². The molecular formula is C8H19Cl2N. The van der Waals surface area contributed by atoms with Crippen LogP contribution in [0.15, 0.2) is 0 Å². The molecule has 0 aromatic heterocycles. The molecule has 0 aromatic rings. The predicted octanol–water partition coefficient (Wildman–Crippen LogP) is 2.80. The van der Waals surface area contributed by atoms with E-state index < -0.39 is 0 Å². The second-order valence-corrected chi connectivity index (χ2v) is 3.08. The molecule has 0 aliphatic rings. The summed E-state index contributed by atoms with van der Waals surface area (Å²) in [4.78, 5) is 0. The van der Waals surface area contributed by atoms with Gasteiger partial charge in [-0.2, -0.15) is 0 Å². The Kier molecular flexibility index (Phi) is 11.1. The Balaban J connectivity index is 0. The Morgan fingerprint density at radius 3 is 2.18 bits per heavy atom. The summed E-state index contributed by atoms with van der Waals surface area (Å²) in [6.07, 6.45) is 3.37. The molecule has 0 spiro atoms. The van der Waals surface area contributed by atoms with Crippen LogP contribution in [0.2, 0.25) is 0 Å². The second kappa shape index (κ2) is 8.63. The first-order chi connectivity index (χ1) is 4.76. The van der Waals surface area contributed by atoms with Gasteiger partial charge in [0.25, 0.3) is 0 Å². The van der Waals surface area contributed by atoms with E-state index in [2.05, 4.69) is 13.8 Å². The van der Waals surface area contributed by atoms with E-state index in [1.165, 1.54) is 0 Å². The lowest BCUT2D eigenvalue weighted by Gasteiger charge is -2.18. The minimum atomic E-state index is 0. The summed E-state index contributed by atoms with van der Waals surface area (Å²) in [5, 5.41) is 0. The molecule has 0 aromatic carbocycles. The normalized spacial score (nSPS) is 15.3. The molecule has 3 heteroatoms. The largest absolute Gasteiger partial charge is 0.327 e. The Morgan fingerprint density at radius 2 is 1.91 bits per heavy atom. The molecule has 70 valence electrons. The van der Waals surface area contributed by atoms with Gasteiger partial charge in [-0.25, -0.2) is 0 Å². The number of halogens is 2. The first-order valence-electron chi connectivity index (χ1n) is 4.07. The Hall–Kier alpha value is 0.540. The number of rotatable bonds is 5. The van der Waals surface area contributed by atoms with E-state index in [0.29, 0.717) is 17.8 Å². The first kappa shape index (κ1) is 14.1. The maximum Gasteiger partial charge on any atom is 0.0266 e. The van der Waals surface area contributed by atoms with Gasteiger partial charge in [0.2, 0.25) is 0 Å². The van der Waals surface area contributed by atoms with E-state index in [1.54, 1.807) is 0 Å². The average molecular weight is 200 g/mol. The summed E-state index contributed by atoms with van der Waals surface area (Å²) in [7, 11) is 0. The highest BCUT2D eigenvalue weighted by Gasteiger charge is 2.12. The van der Waals surface area contributed by atoms with Crippen molar-refractivity contribution in [3.05, 3.63) is 0 Å². The number of nitrogens with two attached hydrogens (primary N) is 1. The van der Waals surface area contributed by atoms with Crippen molar-refractivity contribution in [2.45, 2.75) is 39.2 Å². The quantitative estimate of drug-likeness (QED) is 0.678. The second-order valence-electron chi connectivity index (χ2n) is 2.78. The van der Waals surface area contributed by atoms with Gasteiger partial charge in [0.1, 0.15) is 0 Å². The van der Waals surface area contributed by atoms with Gasteiger partial charge in [-0.1, -0.05) is 26.7 Å². The van der Waals surface area contributed by atoms with Crippen LogP contribution in [0.5, 0.6) is 0 Å². The molecule has 0 unspecified atom stereocenters. The van der Waals surface area contributed by atoms with Gasteiger partial charge in [0, 0.05) is 11.9 Å². The van der Waals surface area contributed by atoms with Crippen LogP contribution < -0.4 is 5.73 Å². The van der Waals surface area contributed by atoms with E-state index in [-0.39, 0.29) is 12.4 Å². The molecule has 0 rings (SSSR count). The molecule has 0 bridgehead atoms. The van der Waals surface area contributed by atoms with Crippen LogP contribution in [0.25, 0.3) is 0 Å². The maximum absolute atomic E-state index is 5.87. The van der Waals surface area contributed by atoms with Gasteiger partial charge in [-0.3, -0.25) is 0 Å². The molecule has 0 aliphatic carbocycles. The van der Waals surface area contributed by atoms with E-state index in [0.717, 1.165) is 19.3 Å². The fourth-order valence-electron chi connectivity index (χ4n) is 1.10. The highest BCUT2D eigenvalue weighted by molar-refractivity contribution is 6.18. The molecule has 0 amide bonds. The van der Waals surface area contributed by atoms with E-state index in [4.69, 9.17) is 17.3 Å². The molecule has 0 fully saturated rings. The van der Waals surface area contributed by atoms with Crippen LogP contribution in [-0.4, -0.2) is 11.9 Å². The molecular weight excluding hydrogens is 181 g/mol. The first-order valence-corrected chi connectivity index (χ1v) is 4.61. The molecule has 11 heavy (non-hydrogen) atoms. The lowest BCUT2D eigenvalue weighted by molar-refractivity contribution is 0.421. The zero-order valence-electron chi connectivity index (χ0n) is 7.35. The average Bonchev–Trinajstić information content (AvgIpc) is 1.91. The number of hydrogen-bond acceptors (Lipinski definition) is 1. The molecule has 2 atom stereocenters. The van der Waals surface area contributed by atoms with Gasteiger partial charge in [-0.15, -0.1) is 24.0 Å². The monoisotopic (exact) mass is 199 g/mol. The van der Waals surface area contributed by atoms with Crippen LogP contribution in [0, 0.1) is 5.92 Å². The third kappa shape index (κ3) is 5.77. The molecule has 0 aliphatic heterocycles. The van der Waals surface area contributed by atoms with E-state index >= 15 is 0 Å². The van der Waals surface area contributed by atoms with Crippen molar-refractivity contribution in [2.24, 2.45) is 11.7 Å². The van der Waals surface area contributed by atoms with Gasteiger partial charge >= 0.3 is 0 Å². The van der Waals surface area contributed by atoms with Gasteiger partial charge in [0.05, 0.1) is 0 Å². The van der Waals surface area contributed by atoms with E-state index in [9.17, 15) is 0 Å². The van der Waals surface area contributed by atoms with Crippen molar-refractivity contribution >= 4 is 24.0 Å². The summed E-state index contributed by atoms with van der Waals surface area (Å²) in [6.45, 7) is 4.30. The summed E-state index contributed by atoms with van der Waals surface area (Å²) in [5.41, 5.74) is 5.87. The third-order valence-corrected chi connectivity index (χ3v) is 2.35. The summed E-state index contributed by atoms with van der Waals surface area (Å²) in [6, 6.07) is 0.312. The zero-order valence-corrected chi connectivity index (χ0v) is 8.92. The van der Waals surface area contributed by atoms with Crippen molar-refractivity contribution in [2.75, 3.05) is 5.88 Å². The summed E-state index contributed by atoms with van der Waals surface area (Å²) < 4.78 is 0. The highest BCUT2D eigenvalue weighted by Crippen LogP contribution is 2.12. The summed E-state index contributed by atoms with van der Waals surface area (Å²) in [5.74, 6) is 1.22. The van der Waals surface area contributed by atoms with E-state index in [1.807, 2.05) is 0 Å². The summed E-state index contributed by atoms with van der Waals surface area (Å²) >= 11 is 5.72. The number of hydrogen-bond donors (Lipinski definition) is 1. The van der Waals surface area contributed by atoms with Crippen molar-refractivity contribution in [1.82, 2.24) is 0 Å². The number of alkyl halides is 1. The van der Waals surface area contributed by atoms with Crippen LogP contribution >= 0.6 is 24.0 Å². The van der Waals surface area contributed by atoms with Crippen molar-refractivity contribution in [3.8, 4) is 0 Å². The molecule has 0 radical (unpaired) electrons. The van der Waals surface area contributed by atoms with Crippen molar-refractivity contribution < 1.29 is 0 Å². The lowest BCUT2D eigenvalue weighted by atomic mass is 9.96. The third-order valence-electron chi connectivity index (χ3n) is 1.95. The van der Waals surface area contributed by atoms with Crippen LogP contribution in [0.4, 0.5) is 0 Å². The fraction of sp³-hybridized carbons (Fsp3) is 1.00. The van der Waals surface area contributed by atoms with Crippen molar-refractivity contribution in [3.63, 3.8) is 0 Å². The van der Waals surface area contributed by atoms with Gasteiger partial charge < -0.3 is 5.73 Å². The predicted molar refractivity (Wildman–Crippen MR) is 54.6 cm³/mol. The minimum absolute atomic E-state index is 0. The van der Waals surface area contributed by atoms with Crippen molar-refractivity contribution in [1.29, 1.82) is 0 Å².